The molecule has 0 radical (unpaired) electrons. The van der Waals surface area contributed by atoms with Crippen LogP contribution in [0.15, 0.2) is 21.1 Å². The fraction of sp³-hybridized carbons (Fsp3) is 0.300. The van der Waals surface area contributed by atoms with Gasteiger partial charge in [0.2, 0.25) is 6.17 Å². The molecule has 0 saturated carbocycles. The van der Waals surface area contributed by atoms with Crippen molar-refractivity contribution < 1.29 is 19.0 Å². The van der Waals surface area contributed by atoms with Crippen LogP contribution in [0.2, 0.25) is 0 Å². The third kappa shape index (κ3) is 3.18. The first-order chi connectivity index (χ1) is 7.45. The molecule has 0 aliphatic rings. The number of carbonyl (C=O) groups excluding carboxylic acids is 1. The molecule has 1 aromatic carbocycles. The van der Waals surface area contributed by atoms with Gasteiger partial charge >= 0.3 is 5.97 Å². The highest BCUT2D eigenvalue weighted by atomic mass is 79.9. The van der Waals surface area contributed by atoms with Crippen LogP contribution in [0.5, 0.6) is 5.75 Å². The summed E-state index contributed by atoms with van der Waals surface area (Å²) in [4.78, 5) is 10.9. The van der Waals surface area contributed by atoms with Crippen LogP contribution in [0, 0.1) is 0 Å². The summed E-state index contributed by atoms with van der Waals surface area (Å²) in [6.07, 6.45) is -1.79. The molecule has 0 aliphatic carbocycles. The van der Waals surface area contributed by atoms with E-state index in [1.807, 2.05) is 0 Å². The molecule has 88 valence electrons. The van der Waals surface area contributed by atoms with Gasteiger partial charge in [-0.15, -0.1) is 0 Å². The molecule has 1 aromatic rings. The minimum Gasteiger partial charge on any atom is -0.506 e. The summed E-state index contributed by atoms with van der Waals surface area (Å²) in [5, 5.41) is 9.44. The first-order valence-corrected chi connectivity index (χ1v) is 5.93. The van der Waals surface area contributed by atoms with Crippen LogP contribution in [0.25, 0.3) is 0 Å². The summed E-state index contributed by atoms with van der Waals surface area (Å²) < 4.78 is 18.4. The Kier molecular flexibility index (Phi) is 4.73. The third-order valence-electron chi connectivity index (χ3n) is 1.95. The molecule has 6 heteroatoms. The second-order valence-corrected chi connectivity index (χ2v) is 4.81. The summed E-state index contributed by atoms with van der Waals surface area (Å²) in [7, 11) is 1.14. The van der Waals surface area contributed by atoms with E-state index in [0.29, 0.717) is 14.5 Å². The number of carbonyl (C=O) groups is 1. The predicted molar refractivity (Wildman–Crippen MR) is 64.1 cm³/mol. The van der Waals surface area contributed by atoms with E-state index >= 15 is 0 Å². The van der Waals surface area contributed by atoms with Crippen LogP contribution in [0.3, 0.4) is 0 Å². The van der Waals surface area contributed by atoms with Gasteiger partial charge in [0.15, 0.2) is 0 Å². The minimum atomic E-state index is -1.70. The van der Waals surface area contributed by atoms with Gasteiger partial charge in [-0.05, 0) is 49.6 Å². The lowest BCUT2D eigenvalue weighted by molar-refractivity contribution is -0.146. The van der Waals surface area contributed by atoms with Gasteiger partial charge in [0.1, 0.15) is 5.75 Å². The summed E-state index contributed by atoms with van der Waals surface area (Å²) in [6, 6.07) is 3.10. The molecular formula is C10H9Br2FO3. The number of hydrogen-bond acceptors (Lipinski definition) is 3. The average Bonchev–Trinajstić information content (AvgIpc) is 2.24. The summed E-state index contributed by atoms with van der Waals surface area (Å²) in [5.41, 5.74) is 0.578. The van der Waals surface area contributed by atoms with Crippen LogP contribution in [0.4, 0.5) is 4.39 Å². The summed E-state index contributed by atoms with van der Waals surface area (Å²) >= 11 is 6.24. The summed E-state index contributed by atoms with van der Waals surface area (Å²) in [5.74, 6) is -0.863. The first kappa shape index (κ1) is 13.4. The predicted octanol–water partition coefficient (Wildman–Crippen LogP) is 2.97. The van der Waals surface area contributed by atoms with Gasteiger partial charge in [-0.25, -0.2) is 9.18 Å². The number of rotatable bonds is 3. The first-order valence-electron chi connectivity index (χ1n) is 4.34. The van der Waals surface area contributed by atoms with E-state index in [9.17, 15) is 14.3 Å². The maximum absolute atomic E-state index is 13.3. The number of aromatic hydroxyl groups is 1. The number of esters is 1. The van der Waals surface area contributed by atoms with Crippen LogP contribution in [-0.2, 0) is 16.0 Å². The Hall–Kier alpha value is -0.620. The number of benzene rings is 1. The van der Waals surface area contributed by atoms with Crippen LogP contribution >= 0.6 is 31.9 Å². The van der Waals surface area contributed by atoms with Crippen molar-refractivity contribution in [3.05, 3.63) is 26.6 Å². The number of alkyl halides is 1. The molecule has 0 fully saturated rings. The number of ether oxygens (including phenoxy) is 1. The molecule has 0 aromatic heterocycles. The van der Waals surface area contributed by atoms with Crippen molar-refractivity contribution in [3.63, 3.8) is 0 Å². The molecule has 1 atom stereocenters. The lowest BCUT2D eigenvalue weighted by atomic mass is 10.1. The topological polar surface area (TPSA) is 46.5 Å². The Morgan fingerprint density at radius 1 is 1.50 bits per heavy atom. The zero-order chi connectivity index (χ0) is 12.3. The van der Waals surface area contributed by atoms with E-state index in [-0.39, 0.29) is 12.2 Å². The normalized spacial score (nSPS) is 12.2. The van der Waals surface area contributed by atoms with Gasteiger partial charge in [-0.2, -0.15) is 0 Å². The van der Waals surface area contributed by atoms with Crippen LogP contribution in [-0.4, -0.2) is 24.4 Å². The smallest absolute Gasteiger partial charge is 0.340 e. The number of halogens is 3. The molecule has 0 amide bonds. The molecule has 1 N–H and O–H groups in total. The highest BCUT2D eigenvalue weighted by molar-refractivity contribution is 9.11. The van der Waals surface area contributed by atoms with Gasteiger partial charge in [-0.1, -0.05) is 0 Å². The molecule has 3 nitrogen and oxygen atoms in total. The number of methoxy groups -OCH3 is 1. The molecule has 0 aliphatic heterocycles. The van der Waals surface area contributed by atoms with Crippen molar-refractivity contribution >= 4 is 37.8 Å². The standard InChI is InChI=1S/C10H9Br2FO3/c1-16-10(15)8(13)4-5-2-6(11)9(14)7(12)3-5/h2-3,8,14H,4H2,1H3. The van der Waals surface area contributed by atoms with E-state index in [0.717, 1.165) is 7.11 Å². The highest BCUT2D eigenvalue weighted by Crippen LogP contribution is 2.33. The van der Waals surface area contributed by atoms with Gasteiger partial charge in [0.05, 0.1) is 16.1 Å². The van der Waals surface area contributed by atoms with Crippen molar-refractivity contribution in [1.82, 2.24) is 0 Å². The quantitative estimate of drug-likeness (QED) is 0.848. The molecule has 1 unspecified atom stereocenters. The largest absolute Gasteiger partial charge is 0.506 e. The lowest BCUT2D eigenvalue weighted by Crippen LogP contribution is -2.19. The van der Waals surface area contributed by atoms with E-state index in [1.165, 1.54) is 0 Å². The van der Waals surface area contributed by atoms with E-state index in [4.69, 9.17) is 0 Å². The van der Waals surface area contributed by atoms with Gasteiger partial charge in [-0.3, -0.25) is 0 Å². The molecule has 0 heterocycles. The fourth-order valence-electron chi connectivity index (χ4n) is 1.15. The van der Waals surface area contributed by atoms with Gasteiger partial charge in [0, 0.05) is 6.42 Å². The van der Waals surface area contributed by atoms with Gasteiger partial charge in [0.25, 0.3) is 0 Å². The van der Waals surface area contributed by atoms with Crippen LogP contribution < -0.4 is 0 Å². The van der Waals surface area contributed by atoms with E-state index < -0.39 is 12.1 Å². The zero-order valence-corrected chi connectivity index (χ0v) is 11.5. The molecule has 1 rings (SSSR count). The number of phenols is 1. The molecule has 0 spiro atoms. The van der Waals surface area contributed by atoms with E-state index in [2.05, 4.69) is 36.6 Å². The van der Waals surface area contributed by atoms with Crippen molar-refractivity contribution in [3.8, 4) is 5.75 Å². The SMILES string of the molecule is COC(=O)C(F)Cc1cc(Br)c(O)c(Br)c1. The third-order valence-corrected chi connectivity index (χ3v) is 3.16. The lowest BCUT2D eigenvalue weighted by Gasteiger charge is -2.08. The maximum Gasteiger partial charge on any atom is 0.340 e. The highest BCUT2D eigenvalue weighted by Gasteiger charge is 2.19. The second-order valence-electron chi connectivity index (χ2n) is 3.10. The van der Waals surface area contributed by atoms with Crippen molar-refractivity contribution in [2.45, 2.75) is 12.6 Å². The van der Waals surface area contributed by atoms with Crippen LogP contribution in [0.1, 0.15) is 5.56 Å². The Bertz CT molecular complexity index is 386. The zero-order valence-electron chi connectivity index (χ0n) is 8.34. The monoisotopic (exact) mass is 354 g/mol. The van der Waals surface area contributed by atoms with E-state index in [1.54, 1.807) is 12.1 Å². The number of phenolic OH excluding ortho intramolecular Hbond substituents is 1. The second kappa shape index (κ2) is 5.63. The Balaban J connectivity index is 2.86. The van der Waals surface area contributed by atoms with Crippen molar-refractivity contribution in [2.24, 2.45) is 0 Å². The maximum atomic E-state index is 13.3. The average molecular weight is 356 g/mol. The Morgan fingerprint density at radius 3 is 2.44 bits per heavy atom. The molecular weight excluding hydrogens is 347 g/mol. The Morgan fingerprint density at radius 2 is 2.00 bits per heavy atom. The summed E-state index contributed by atoms with van der Waals surface area (Å²) in [6.45, 7) is 0. The van der Waals surface area contributed by atoms with Gasteiger partial charge < -0.3 is 9.84 Å². The molecule has 0 saturated heterocycles. The minimum absolute atomic E-state index is 0.0391. The fourth-order valence-corrected chi connectivity index (χ4v) is 2.44. The van der Waals surface area contributed by atoms with Crippen molar-refractivity contribution in [2.75, 3.05) is 7.11 Å². The number of hydrogen-bond donors (Lipinski definition) is 1. The molecule has 0 bridgehead atoms. The Labute approximate surface area is 109 Å². The molecule has 16 heavy (non-hydrogen) atoms. The van der Waals surface area contributed by atoms with Crippen molar-refractivity contribution in [1.29, 1.82) is 0 Å².